The van der Waals surface area contributed by atoms with E-state index >= 15 is 0 Å². The van der Waals surface area contributed by atoms with Gasteiger partial charge >= 0.3 is 5.69 Å². The quantitative estimate of drug-likeness (QED) is 0.192. The number of fused-ring (bicyclic) bond motifs is 1. The third kappa shape index (κ3) is 4.40. The van der Waals surface area contributed by atoms with Gasteiger partial charge in [0.1, 0.15) is 42.2 Å². The van der Waals surface area contributed by atoms with E-state index in [-0.39, 0.29) is 24.7 Å². The molecule has 36 heavy (non-hydrogen) atoms. The summed E-state index contributed by atoms with van der Waals surface area (Å²) in [6.45, 7) is -0.372. The minimum atomic E-state index is -1.23. The summed E-state index contributed by atoms with van der Waals surface area (Å²) < 4.78 is 14.2. The number of aliphatic hydroxyl groups excluding tert-OH is 4. The molecule has 2 fully saturated rings. The van der Waals surface area contributed by atoms with Crippen LogP contribution in [0.1, 0.15) is 24.4 Å². The maximum Gasteiger partial charge on any atom is 0.351 e. The summed E-state index contributed by atoms with van der Waals surface area (Å²) in [4.78, 5) is 28.4. The van der Waals surface area contributed by atoms with Gasteiger partial charge in [-0.25, -0.2) is 19.7 Å². The van der Waals surface area contributed by atoms with E-state index in [1.165, 1.54) is 39.7 Å². The molecule has 0 amide bonds. The second-order valence-electron chi connectivity index (χ2n) is 8.60. The minimum absolute atomic E-state index is 0.0500. The van der Waals surface area contributed by atoms with E-state index in [4.69, 9.17) is 20.9 Å². The van der Waals surface area contributed by atoms with Gasteiger partial charge < -0.3 is 41.4 Å². The Morgan fingerprint density at radius 1 is 1.06 bits per heavy atom. The van der Waals surface area contributed by atoms with Gasteiger partial charge in [0.05, 0.1) is 25.1 Å². The number of nitrogens with two attached hydrogens (primary N) is 2. The molecule has 0 aliphatic carbocycles. The van der Waals surface area contributed by atoms with E-state index in [0.29, 0.717) is 28.2 Å². The van der Waals surface area contributed by atoms with Gasteiger partial charge in [0.15, 0.2) is 17.7 Å². The highest BCUT2D eigenvalue weighted by Gasteiger charge is 2.44. The zero-order chi connectivity index (χ0) is 25.6. The van der Waals surface area contributed by atoms with Gasteiger partial charge in [-0.1, -0.05) is 0 Å². The highest BCUT2D eigenvalue weighted by atomic mass is 32.2. The molecule has 7 unspecified atom stereocenters. The van der Waals surface area contributed by atoms with E-state index in [2.05, 4.69) is 19.9 Å². The molecular formula is C20H26N8O7S. The number of rotatable bonds is 7. The lowest BCUT2D eigenvalue weighted by molar-refractivity contribution is -0.0459. The van der Waals surface area contributed by atoms with Crippen LogP contribution in [0.2, 0.25) is 0 Å². The summed E-state index contributed by atoms with van der Waals surface area (Å²) in [6, 6.07) is 0. The normalized spacial score (nSPS) is 30.4. The maximum atomic E-state index is 12.3. The SMILES string of the molecule is Nc1nc(=O)n(C2CC(O)C(CO)O2)cc1CSCC1OC(n2cnc3c(N)ncnc32)C(O)C1O. The standard InChI is InChI=1S/C20H26N8O7S/c21-16-8(2-27(20(33)26-16)12-1-9(30)10(3-29)34-12)4-36-5-11-14(31)15(32)19(35-11)28-7-25-13-17(22)23-6-24-18(13)28/h2,6-7,9-12,14-15,19,29-32H,1,3-5H2,(H2,21,26,33)(H2,22,23,24). The van der Waals surface area contributed by atoms with Crippen LogP contribution in [0.15, 0.2) is 23.6 Å². The molecule has 8 N–H and O–H groups in total. The lowest BCUT2D eigenvalue weighted by Gasteiger charge is -2.17. The number of ether oxygens (including phenoxy) is 2. The number of thioether (sulfide) groups is 1. The van der Waals surface area contributed by atoms with Crippen molar-refractivity contribution in [1.82, 2.24) is 29.1 Å². The topological polar surface area (TPSA) is 230 Å². The van der Waals surface area contributed by atoms with Crippen molar-refractivity contribution in [3.63, 3.8) is 0 Å². The molecule has 0 bridgehead atoms. The zero-order valence-electron chi connectivity index (χ0n) is 18.9. The van der Waals surface area contributed by atoms with E-state index in [0.717, 1.165) is 0 Å². The summed E-state index contributed by atoms with van der Waals surface area (Å²) in [7, 11) is 0. The van der Waals surface area contributed by atoms with Crippen molar-refractivity contribution in [1.29, 1.82) is 0 Å². The van der Waals surface area contributed by atoms with Crippen LogP contribution in [0.3, 0.4) is 0 Å². The number of aliphatic hydroxyl groups is 4. The molecule has 2 aliphatic heterocycles. The Balaban J connectivity index is 1.26. The molecule has 2 saturated heterocycles. The molecule has 7 atom stereocenters. The van der Waals surface area contributed by atoms with Gasteiger partial charge in [0, 0.05) is 29.7 Å². The summed E-state index contributed by atoms with van der Waals surface area (Å²) in [5, 5.41) is 40.5. The average molecular weight is 523 g/mol. The monoisotopic (exact) mass is 522 g/mol. The predicted molar refractivity (Wildman–Crippen MR) is 126 cm³/mol. The van der Waals surface area contributed by atoms with Crippen LogP contribution in [0, 0.1) is 0 Å². The molecule has 15 nitrogen and oxygen atoms in total. The summed E-state index contributed by atoms with van der Waals surface area (Å²) >= 11 is 1.36. The Hall–Kier alpha value is -2.86. The van der Waals surface area contributed by atoms with E-state index in [1.54, 1.807) is 0 Å². The van der Waals surface area contributed by atoms with Gasteiger partial charge in [0.25, 0.3) is 0 Å². The van der Waals surface area contributed by atoms with Crippen LogP contribution in [0.4, 0.5) is 11.6 Å². The molecule has 5 rings (SSSR count). The highest BCUT2D eigenvalue weighted by molar-refractivity contribution is 7.98. The average Bonchev–Trinajstić information content (AvgIpc) is 3.52. The van der Waals surface area contributed by atoms with Crippen LogP contribution < -0.4 is 17.2 Å². The number of imidazole rings is 1. The van der Waals surface area contributed by atoms with Crippen molar-refractivity contribution in [2.45, 2.75) is 55.1 Å². The first kappa shape index (κ1) is 24.8. The van der Waals surface area contributed by atoms with Crippen LogP contribution in [-0.4, -0.2) is 92.4 Å². The lowest BCUT2D eigenvalue weighted by atomic mass is 10.1. The fourth-order valence-corrected chi connectivity index (χ4v) is 5.40. The molecule has 0 spiro atoms. The lowest BCUT2D eigenvalue weighted by Crippen LogP contribution is -2.32. The molecule has 194 valence electrons. The Morgan fingerprint density at radius 3 is 2.61 bits per heavy atom. The number of hydrogen-bond acceptors (Lipinski definition) is 14. The van der Waals surface area contributed by atoms with Crippen LogP contribution >= 0.6 is 11.8 Å². The van der Waals surface area contributed by atoms with Crippen molar-refractivity contribution in [3.8, 4) is 0 Å². The molecule has 3 aromatic rings. The van der Waals surface area contributed by atoms with Gasteiger partial charge in [0.2, 0.25) is 0 Å². The van der Waals surface area contributed by atoms with Crippen LogP contribution in [0.5, 0.6) is 0 Å². The third-order valence-corrected chi connectivity index (χ3v) is 7.37. The number of nitrogen functional groups attached to an aromatic ring is 2. The Bertz CT molecular complexity index is 1300. The largest absolute Gasteiger partial charge is 0.394 e. The molecule has 3 aromatic heterocycles. The molecule has 16 heteroatoms. The maximum absolute atomic E-state index is 12.3. The Labute approximate surface area is 207 Å². The summed E-state index contributed by atoms with van der Waals surface area (Å²) in [5.41, 5.74) is 12.4. The van der Waals surface area contributed by atoms with Crippen LogP contribution in [0.25, 0.3) is 11.2 Å². The number of hydrogen-bond donors (Lipinski definition) is 6. The first-order chi connectivity index (χ1) is 17.3. The second-order valence-corrected chi connectivity index (χ2v) is 9.63. The molecule has 5 heterocycles. The fraction of sp³-hybridized carbons (Fsp3) is 0.550. The van der Waals surface area contributed by atoms with Gasteiger partial charge in [-0.3, -0.25) is 9.13 Å². The number of anilines is 2. The van der Waals surface area contributed by atoms with Crippen molar-refractivity contribution < 1.29 is 29.9 Å². The highest BCUT2D eigenvalue weighted by Crippen LogP contribution is 2.34. The first-order valence-corrected chi connectivity index (χ1v) is 12.3. The fourth-order valence-electron chi connectivity index (χ4n) is 4.33. The Morgan fingerprint density at radius 2 is 1.86 bits per heavy atom. The van der Waals surface area contributed by atoms with E-state index in [1.807, 2.05) is 0 Å². The number of nitrogens with zero attached hydrogens (tertiary/aromatic N) is 6. The minimum Gasteiger partial charge on any atom is -0.394 e. The van der Waals surface area contributed by atoms with Crippen molar-refractivity contribution in [2.75, 3.05) is 23.8 Å². The number of aromatic nitrogens is 6. The summed E-state index contributed by atoms with van der Waals surface area (Å²) in [6.07, 6.45) is -2.17. The van der Waals surface area contributed by atoms with E-state index in [9.17, 15) is 25.2 Å². The van der Waals surface area contributed by atoms with Crippen molar-refractivity contribution in [2.24, 2.45) is 0 Å². The molecule has 0 aromatic carbocycles. The van der Waals surface area contributed by atoms with Gasteiger partial charge in [-0.05, 0) is 0 Å². The van der Waals surface area contributed by atoms with Crippen LogP contribution in [-0.2, 0) is 15.2 Å². The zero-order valence-corrected chi connectivity index (χ0v) is 19.7. The molecule has 0 radical (unpaired) electrons. The predicted octanol–water partition coefficient (Wildman–Crippen LogP) is -2.26. The van der Waals surface area contributed by atoms with Crippen molar-refractivity contribution in [3.05, 3.63) is 34.9 Å². The molecule has 2 aliphatic rings. The molecule has 0 saturated carbocycles. The second kappa shape index (κ2) is 9.89. The first-order valence-electron chi connectivity index (χ1n) is 11.1. The third-order valence-electron chi connectivity index (χ3n) is 6.29. The van der Waals surface area contributed by atoms with E-state index < -0.39 is 48.7 Å². The Kier molecular flexibility index (Phi) is 6.82. The van der Waals surface area contributed by atoms with Crippen molar-refractivity contribution >= 4 is 34.6 Å². The molecular weight excluding hydrogens is 496 g/mol. The summed E-state index contributed by atoms with van der Waals surface area (Å²) in [5.74, 6) is 0.857. The van der Waals surface area contributed by atoms with Gasteiger partial charge in [-0.2, -0.15) is 16.7 Å². The smallest absolute Gasteiger partial charge is 0.351 e. The van der Waals surface area contributed by atoms with Gasteiger partial charge in [-0.15, -0.1) is 0 Å².